The first-order valence-corrected chi connectivity index (χ1v) is 5.66. The molecule has 0 aliphatic rings. The van der Waals surface area contributed by atoms with Crippen LogP contribution in [0.15, 0.2) is 30.6 Å². The van der Waals surface area contributed by atoms with E-state index in [1.807, 2.05) is 25.4 Å². The van der Waals surface area contributed by atoms with Crippen LogP contribution in [0.4, 0.5) is 0 Å². The number of Topliss-reactive ketones (excluding diaryl/α,β-unsaturated/α-hetero) is 1. The van der Waals surface area contributed by atoms with Crippen LogP contribution < -0.4 is 4.74 Å². The van der Waals surface area contributed by atoms with Crippen LogP contribution in [-0.2, 0) is 24.7 Å². The number of carbonyl (C=O) groups excluding carboxylic acids is 1. The molecule has 0 amide bonds. The molecular formula is C13H15N3O2. The van der Waals surface area contributed by atoms with Crippen molar-refractivity contribution in [2.75, 3.05) is 7.11 Å². The molecule has 2 heterocycles. The molecule has 0 fully saturated rings. The van der Waals surface area contributed by atoms with Gasteiger partial charge in [-0.25, -0.2) is 4.98 Å². The molecule has 2 aromatic rings. The average molecular weight is 245 g/mol. The van der Waals surface area contributed by atoms with Crippen LogP contribution in [0.1, 0.15) is 11.3 Å². The summed E-state index contributed by atoms with van der Waals surface area (Å²) < 4.78 is 6.66. The third kappa shape index (κ3) is 3.16. The van der Waals surface area contributed by atoms with Gasteiger partial charge in [0.05, 0.1) is 19.2 Å². The van der Waals surface area contributed by atoms with Crippen molar-refractivity contribution in [2.24, 2.45) is 7.05 Å². The van der Waals surface area contributed by atoms with Crippen molar-refractivity contribution in [3.8, 4) is 5.88 Å². The normalized spacial score (nSPS) is 10.3. The predicted octanol–water partition coefficient (Wildman–Crippen LogP) is 1.18. The van der Waals surface area contributed by atoms with Crippen LogP contribution in [0.2, 0.25) is 0 Å². The highest BCUT2D eigenvalue weighted by atomic mass is 16.5. The molecule has 0 aliphatic carbocycles. The van der Waals surface area contributed by atoms with E-state index < -0.39 is 0 Å². The largest absolute Gasteiger partial charge is 0.481 e. The molecule has 0 N–H and O–H groups in total. The molecule has 0 bridgehead atoms. The van der Waals surface area contributed by atoms with Crippen LogP contribution >= 0.6 is 0 Å². The second kappa shape index (κ2) is 5.44. The fraction of sp³-hybridized carbons (Fsp3) is 0.308. The summed E-state index contributed by atoms with van der Waals surface area (Å²) in [6.45, 7) is 0. The molecule has 5 nitrogen and oxygen atoms in total. The van der Waals surface area contributed by atoms with E-state index in [1.54, 1.807) is 24.1 Å². The number of aromatic nitrogens is 3. The number of methoxy groups -OCH3 is 1. The van der Waals surface area contributed by atoms with E-state index in [1.165, 1.54) is 0 Å². The first-order valence-electron chi connectivity index (χ1n) is 5.66. The topological polar surface area (TPSA) is 57.0 Å². The maximum atomic E-state index is 11.8. The van der Waals surface area contributed by atoms with Crippen molar-refractivity contribution in [3.63, 3.8) is 0 Å². The standard InChI is InChI=1S/C13H15N3O2/c1-16-6-5-11(15-16)8-12(17)7-10-3-4-13(18-2)14-9-10/h3-6,9H,7-8H2,1-2H3. The van der Waals surface area contributed by atoms with Gasteiger partial charge in [0.2, 0.25) is 5.88 Å². The average Bonchev–Trinajstić information content (AvgIpc) is 2.75. The lowest BCUT2D eigenvalue weighted by Gasteiger charge is -2.01. The first-order chi connectivity index (χ1) is 8.67. The van der Waals surface area contributed by atoms with Gasteiger partial charge in [-0.15, -0.1) is 0 Å². The molecular weight excluding hydrogens is 230 g/mol. The number of rotatable bonds is 5. The van der Waals surface area contributed by atoms with E-state index in [0.29, 0.717) is 18.7 Å². The summed E-state index contributed by atoms with van der Waals surface area (Å²) in [6.07, 6.45) is 4.22. The van der Waals surface area contributed by atoms with E-state index in [4.69, 9.17) is 4.74 Å². The van der Waals surface area contributed by atoms with Crippen molar-refractivity contribution in [1.29, 1.82) is 0 Å². The Morgan fingerprint density at radius 1 is 1.33 bits per heavy atom. The van der Waals surface area contributed by atoms with Gasteiger partial charge in [0, 0.05) is 31.9 Å². The second-order valence-electron chi connectivity index (χ2n) is 4.08. The van der Waals surface area contributed by atoms with Gasteiger partial charge in [-0.3, -0.25) is 9.48 Å². The summed E-state index contributed by atoms with van der Waals surface area (Å²) in [6, 6.07) is 5.45. The van der Waals surface area contributed by atoms with E-state index in [-0.39, 0.29) is 5.78 Å². The highest BCUT2D eigenvalue weighted by molar-refractivity contribution is 5.82. The van der Waals surface area contributed by atoms with Gasteiger partial charge in [-0.1, -0.05) is 6.07 Å². The third-order valence-corrected chi connectivity index (χ3v) is 2.56. The highest BCUT2D eigenvalue weighted by Gasteiger charge is 2.07. The summed E-state index contributed by atoms with van der Waals surface area (Å²) in [5.74, 6) is 0.677. The van der Waals surface area contributed by atoms with Crippen LogP contribution in [0.3, 0.4) is 0 Å². The molecule has 0 aromatic carbocycles. The molecule has 0 atom stereocenters. The maximum absolute atomic E-state index is 11.8. The lowest BCUT2D eigenvalue weighted by molar-refractivity contribution is -0.117. The number of pyridine rings is 1. The molecule has 5 heteroatoms. The number of nitrogens with zero attached hydrogens (tertiary/aromatic N) is 3. The number of ketones is 1. The molecule has 2 rings (SSSR count). The molecule has 0 aliphatic heterocycles. The van der Waals surface area contributed by atoms with Gasteiger partial charge in [-0.05, 0) is 11.6 Å². The molecule has 2 aromatic heterocycles. The van der Waals surface area contributed by atoms with Gasteiger partial charge >= 0.3 is 0 Å². The summed E-state index contributed by atoms with van der Waals surface area (Å²) in [5.41, 5.74) is 1.68. The zero-order chi connectivity index (χ0) is 13.0. The molecule has 94 valence electrons. The van der Waals surface area contributed by atoms with E-state index in [9.17, 15) is 4.79 Å². The maximum Gasteiger partial charge on any atom is 0.212 e. The summed E-state index contributed by atoms with van der Waals surface area (Å²) in [7, 11) is 3.40. The molecule has 0 spiro atoms. The van der Waals surface area contributed by atoms with Crippen molar-refractivity contribution in [1.82, 2.24) is 14.8 Å². The zero-order valence-electron chi connectivity index (χ0n) is 10.5. The molecule has 0 saturated heterocycles. The number of hydrogen-bond donors (Lipinski definition) is 0. The Bertz CT molecular complexity index is 531. The number of ether oxygens (including phenoxy) is 1. The summed E-state index contributed by atoms with van der Waals surface area (Å²) in [5, 5.41) is 4.18. The fourth-order valence-corrected chi connectivity index (χ4v) is 1.69. The minimum atomic E-state index is 0.126. The van der Waals surface area contributed by atoms with Gasteiger partial charge in [0.1, 0.15) is 5.78 Å². The lowest BCUT2D eigenvalue weighted by atomic mass is 10.1. The first kappa shape index (κ1) is 12.3. The Labute approximate surface area is 105 Å². The Balaban J connectivity index is 1.94. The number of carbonyl (C=O) groups is 1. The molecule has 0 unspecified atom stereocenters. The minimum absolute atomic E-state index is 0.126. The third-order valence-electron chi connectivity index (χ3n) is 2.56. The van der Waals surface area contributed by atoms with Crippen molar-refractivity contribution >= 4 is 5.78 Å². The smallest absolute Gasteiger partial charge is 0.212 e. The second-order valence-corrected chi connectivity index (χ2v) is 4.08. The van der Waals surface area contributed by atoms with Crippen LogP contribution in [-0.4, -0.2) is 27.7 Å². The Morgan fingerprint density at radius 3 is 2.72 bits per heavy atom. The van der Waals surface area contributed by atoms with Gasteiger partial charge < -0.3 is 4.74 Å². The minimum Gasteiger partial charge on any atom is -0.481 e. The number of aryl methyl sites for hydroxylation is 1. The van der Waals surface area contributed by atoms with Crippen LogP contribution in [0.25, 0.3) is 0 Å². The summed E-state index contributed by atoms with van der Waals surface area (Å²) >= 11 is 0. The summed E-state index contributed by atoms with van der Waals surface area (Å²) in [4.78, 5) is 15.9. The van der Waals surface area contributed by atoms with E-state index >= 15 is 0 Å². The number of hydrogen-bond acceptors (Lipinski definition) is 4. The SMILES string of the molecule is COc1ccc(CC(=O)Cc2ccn(C)n2)cn1. The molecule has 18 heavy (non-hydrogen) atoms. The molecule has 0 saturated carbocycles. The Hall–Kier alpha value is -2.17. The lowest BCUT2D eigenvalue weighted by Crippen LogP contribution is -2.07. The van der Waals surface area contributed by atoms with Gasteiger partial charge in [0.15, 0.2) is 0 Å². The van der Waals surface area contributed by atoms with E-state index in [0.717, 1.165) is 11.3 Å². The van der Waals surface area contributed by atoms with Gasteiger partial charge in [0.25, 0.3) is 0 Å². The van der Waals surface area contributed by atoms with Gasteiger partial charge in [-0.2, -0.15) is 5.10 Å². The van der Waals surface area contributed by atoms with Crippen LogP contribution in [0.5, 0.6) is 5.88 Å². The monoisotopic (exact) mass is 245 g/mol. The zero-order valence-corrected chi connectivity index (χ0v) is 10.5. The molecule has 0 radical (unpaired) electrons. The van der Waals surface area contributed by atoms with E-state index in [2.05, 4.69) is 10.1 Å². The fourth-order valence-electron chi connectivity index (χ4n) is 1.69. The highest BCUT2D eigenvalue weighted by Crippen LogP contribution is 2.08. The Morgan fingerprint density at radius 2 is 2.17 bits per heavy atom. The Kier molecular flexibility index (Phi) is 3.72. The predicted molar refractivity (Wildman–Crippen MR) is 66.4 cm³/mol. The van der Waals surface area contributed by atoms with Crippen LogP contribution in [0, 0.1) is 0 Å². The van der Waals surface area contributed by atoms with Crippen molar-refractivity contribution in [3.05, 3.63) is 41.9 Å². The van der Waals surface area contributed by atoms with Crippen molar-refractivity contribution in [2.45, 2.75) is 12.8 Å². The quantitative estimate of drug-likeness (QED) is 0.793. The van der Waals surface area contributed by atoms with Crippen molar-refractivity contribution < 1.29 is 9.53 Å².